The minimum atomic E-state index is -0.650. The maximum Gasteiger partial charge on any atom is 0.352 e. The Labute approximate surface area is 172 Å². The van der Waals surface area contributed by atoms with Crippen molar-refractivity contribution in [2.45, 2.75) is 83.9 Å². The molecule has 0 bridgehead atoms. The number of benzene rings is 1. The number of ether oxygens (including phenoxy) is 1. The molecule has 1 N–H and O–H groups in total. The van der Waals surface area contributed by atoms with Gasteiger partial charge in [-0.1, -0.05) is 43.0 Å². The van der Waals surface area contributed by atoms with E-state index in [1.54, 1.807) is 45.0 Å². The summed E-state index contributed by atoms with van der Waals surface area (Å²) in [5.74, 6) is -0.768. The fourth-order valence-corrected chi connectivity index (χ4v) is 3.89. The van der Waals surface area contributed by atoms with Gasteiger partial charge in [-0.2, -0.15) is 0 Å². The van der Waals surface area contributed by atoms with E-state index in [0.717, 1.165) is 25.7 Å². The average Bonchev–Trinajstić information content (AvgIpc) is 2.61. The lowest BCUT2D eigenvalue weighted by Crippen LogP contribution is -2.48. The highest BCUT2D eigenvalue weighted by atomic mass is 35.5. The normalized spacial score (nSPS) is 16.3. The fraction of sp³-hybridized carbons (Fsp3) is 0.591. The highest BCUT2D eigenvalue weighted by Crippen LogP contribution is 2.28. The van der Waals surface area contributed by atoms with Crippen LogP contribution in [0.3, 0.4) is 0 Å². The van der Waals surface area contributed by atoms with E-state index in [1.807, 2.05) is 11.8 Å². The Balaban J connectivity index is 2.21. The van der Waals surface area contributed by atoms with Crippen LogP contribution in [0.2, 0.25) is 5.02 Å². The molecule has 1 saturated carbocycles. The third-order valence-electron chi connectivity index (χ3n) is 4.93. The molecule has 0 aliphatic heterocycles. The summed E-state index contributed by atoms with van der Waals surface area (Å²) >= 11 is 6.27. The highest BCUT2D eigenvalue weighted by molar-refractivity contribution is 6.35. The summed E-state index contributed by atoms with van der Waals surface area (Å²) in [5.41, 5.74) is -0.302. The van der Waals surface area contributed by atoms with E-state index in [-0.39, 0.29) is 30.1 Å². The van der Waals surface area contributed by atoms with Crippen LogP contribution in [0.5, 0.6) is 0 Å². The number of nitrogens with one attached hydrogen (secondary N) is 1. The molecule has 1 aliphatic carbocycles. The van der Waals surface area contributed by atoms with E-state index >= 15 is 0 Å². The van der Waals surface area contributed by atoms with Crippen molar-refractivity contribution in [3.63, 3.8) is 0 Å². The molecule has 0 heterocycles. The van der Waals surface area contributed by atoms with Gasteiger partial charge < -0.3 is 9.64 Å². The molecule has 2 rings (SSSR count). The minimum Gasteiger partial charge on any atom is -0.456 e. The number of nitrogens with zero attached hydrogens (tertiary/aromatic N) is 1. The third-order valence-corrected chi connectivity index (χ3v) is 5.26. The molecular formula is C22H31ClN2O3. The van der Waals surface area contributed by atoms with Gasteiger partial charge in [0.2, 0.25) is 0 Å². The summed E-state index contributed by atoms with van der Waals surface area (Å²) in [6.45, 7) is 7.22. The zero-order valence-corrected chi connectivity index (χ0v) is 18.0. The smallest absolute Gasteiger partial charge is 0.352 e. The van der Waals surface area contributed by atoms with Crippen molar-refractivity contribution in [2.24, 2.45) is 0 Å². The maximum atomic E-state index is 13.3. The number of hydrogen-bond donors (Lipinski definition) is 1. The number of carbonyl (C=O) groups excluding carboxylic acids is 2. The first-order chi connectivity index (χ1) is 13.1. The summed E-state index contributed by atoms with van der Waals surface area (Å²) in [4.78, 5) is 27.4. The first-order valence-corrected chi connectivity index (χ1v) is 10.4. The Hall–Kier alpha value is -1.88. The van der Waals surface area contributed by atoms with E-state index in [4.69, 9.17) is 21.7 Å². The van der Waals surface area contributed by atoms with Crippen molar-refractivity contribution in [1.82, 2.24) is 4.90 Å². The van der Waals surface area contributed by atoms with Gasteiger partial charge in [0.15, 0.2) is 0 Å². The van der Waals surface area contributed by atoms with Gasteiger partial charge in [-0.05, 0) is 52.7 Å². The van der Waals surface area contributed by atoms with Crippen molar-refractivity contribution in [2.75, 3.05) is 0 Å². The number of esters is 1. The molecule has 1 aromatic carbocycles. The van der Waals surface area contributed by atoms with Crippen LogP contribution < -0.4 is 0 Å². The van der Waals surface area contributed by atoms with Crippen molar-refractivity contribution in [3.05, 3.63) is 34.9 Å². The Kier molecular flexibility index (Phi) is 7.64. The molecule has 28 heavy (non-hydrogen) atoms. The molecule has 5 nitrogen and oxygen atoms in total. The van der Waals surface area contributed by atoms with Gasteiger partial charge >= 0.3 is 5.97 Å². The molecule has 0 saturated heterocycles. The lowest BCUT2D eigenvalue weighted by molar-refractivity contribution is -0.146. The van der Waals surface area contributed by atoms with E-state index in [2.05, 4.69) is 0 Å². The van der Waals surface area contributed by atoms with Gasteiger partial charge in [-0.15, -0.1) is 0 Å². The van der Waals surface area contributed by atoms with E-state index < -0.39 is 11.6 Å². The van der Waals surface area contributed by atoms with E-state index in [9.17, 15) is 9.59 Å². The van der Waals surface area contributed by atoms with Crippen LogP contribution in [0, 0.1) is 5.41 Å². The summed E-state index contributed by atoms with van der Waals surface area (Å²) in [7, 11) is 0. The second-order valence-electron chi connectivity index (χ2n) is 8.52. The fourth-order valence-electron chi connectivity index (χ4n) is 3.68. The first kappa shape index (κ1) is 22.4. The molecule has 1 aromatic rings. The number of halogens is 1. The number of hydrogen-bond acceptors (Lipinski definition) is 4. The van der Waals surface area contributed by atoms with Crippen molar-refractivity contribution < 1.29 is 14.3 Å². The van der Waals surface area contributed by atoms with Crippen molar-refractivity contribution >= 4 is 29.2 Å². The lowest BCUT2D eigenvalue weighted by atomic mass is 9.92. The molecule has 154 valence electrons. The Morgan fingerprint density at radius 1 is 1.21 bits per heavy atom. The largest absolute Gasteiger partial charge is 0.456 e. The second-order valence-corrected chi connectivity index (χ2v) is 8.92. The standard InChI is InChI=1S/C22H31ClN2O3/c1-15(14-19(24)21(27)28-22(2,3)4)25(16-10-6-5-7-11-16)20(26)17-12-8-9-13-18(17)23/h8-9,12-13,15-16,24H,5-7,10-11,14H2,1-4H3. The van der Waals surface area contributed by atoms with Crippen LogP contribution >= 0.6 is 11.6 Å². The third kappa shape index (κ3) is 6.06. The average molecular weight is 407 g/mol. The van der Waals surface area contributed by atoms with Gasteiger partial charge in [0.1, 0.15) is 11.3 Å². The minimum absolute atomic E-state index is 0.0963. The van der Waals surface area contributed by atoms with Crippen LogP contribution in [0.15, 0.2) is 24.3 Å². The molecular weight excluding hydrogens is 376 g/mol. The molecule has 1 amide bonds. The van der Waals surface area contributed by atoms with Gasteiger partial charge in [-0.25, -0.2) is 4.79 Å². The predicted octanol–water partition coefficient (Wildman–Crippen LogP) is 5.25. The van der Waals surface area contributed by atoms with Gasteiger partial charge in [0, 0.05) is 18.5 Å². The van der Waals surface area contributed by atoms with Crippen LogP contribution in [0.1, 0.15) is 76.6 Å². The molecule has 6 heteroatoms. The summed E-state index contributed by atoms with van der Waals surface area (Å²) in [6.07, 6.45) is 5.34. The zero-order chi connectivity index (χ0) is 20.9. The number of amides is 1. The molecule has 1 atom stereocenters. The SMILES string of the molecule is CC(CC(=N)C(=O)OC(C)(C)C)N(C(=O)c1ccccc1Cl)C1CCCCC1. The van der Waals surface area contributed by atoms with Gasteiger partial charge in [-0.3, -0.25) is 10.2 Å². The second kappa shape index (κ2) is 9.55. The molecule has 0 spiro atoms. The van der Waals surface area contributed by atoms with Gasteiger partial charge in [0.25, 0.3) is 5.91 Å². The molecule has 1 unspecified atom stereocenters. The Morgan fingerprint density at radius 2 is 1.82 bits per heavy atom. The first-order valence-electron chi connectivity index (χ1n) is 9.98. The predicted molar refractivity (Wildman–Crippen MR) is 112 cm³/mol. The Morgan fingerprint density at radius 3 is 2.39 bits per heavy atom. The van der Waals surface area contributed by atoms with Crippen molar-refractivity contribution in [3.8, 4) is 0 Å². The van der Waals surface area contributed by atoms with Crippen molar-refractivity contribution in [1.29, 1.82) is 5.41 Å². The topological polar surface area (TPSA) is 70.5 Å². The summed E-state index contributed by atoms with van der Waals surface area (Å²) < 4.78 is 5.30. The maximum absolute atomic E-state index is 13.3. The van der Waals surface area contributed by atoms with Crippen LogP contribution in [0.4, 0.5) is 0 Å². The number of rotatable bonds is 6. The lowest BCUT2D eigenvalue weighted by Gasteiger charge is -2.39. The van der Waals surface area contributed by atoms with E-state index in [1.165, 1.54) is 6.42 Å². The van der Waals surface area contributed by atoms with Crippen LogP contribution in [-0.4, -0.2) is 40.2 Å². The number of carbonyl (C=O) groups is 2. The van der Waals surface area contributed by atoms with Crippen LogP contribution in [0.25, 0.3) is 0 Å². The molecule has 0 radical (unpaired) electrons. The summed E-state index contributed by atoms with van der Waals surface area (Å²) in [6, 6.07) is 6.83. The van der Waals surface area contributed by atoms with E-state index in [0.29, 0.717) is 10.6 Å². The molecule has 1 fully saturated rings. The van der Waals surface area contributed by atoms with Gasteiger partial charge in [0.05, 0.1) is 10.6 Å². The molecule has 1 aliphatic rings. The highest BCUT2D eigenvalue weighted by Gasteiger charge is 2.33. The quantitative estimate of drug-likeness (QED) is 0.517. The zero-order valence-electron chi connectivity index (χ0n) is 17.3. The Bertz CT molecular complexity index is 721. The summed E-state index contributed by atoms with van der Waals surface area (Å²) in [5, 5.41) is 8.58. The van der Waals surface area contributed by atoms with Crippen LogP contribution in [-0.2, 0) is 9.53 Å². The molecule has 0 aromatic heterocycles. The monoisotopic (exact) mass is 406 g/mol.